The summed E-state index contributed by atoms with van der Waals surface area (Å²) >= 11 is 0. The molecule has 1 saturated heterocycles. The van der Waals surface area contributed by atoms with Crippen LogP contribution in [-0.2, 0) is 4.74 Å². The Labute approximate surface area is 87.6 Å². The van der Waals surface area contributed by atoms with Gasteiger partial charge in [-0.05, 0) is 13.3 Å². The van der Waals surface area contributed by atoms with Crippen LogP contribution in [0.5, 0.6) is 0 Å². The van der Waals surface area contributed by atoms with E-state index in [0.717, 1.165) is 32.7 Å². The van der Waals surface area contributed by atoms with Gasteiger partial charge in [0, 0.05) is 25.6 Å². The first-order valence-corrected chi connectivity index (χ1v) is 5.51. The molecule has 0 radical (unpaired) electrons. The first-order valence-electron chi connectivity index (χ1n) is 5.51. The molecular weight excluding hydrogens is 174 g/mol. The number of ether oxygens (including phenoxy) is 1. The monoisotopic (exact) mass is 195 g/mol. The predicted molar refractivity (Wildman–Crippen MR) is 59.1 cm³/mol. The Balaban J connectivity index is 2.32. The van der Waals surface area contributed by atoms with Gasteiger partial charge in [-0.3, -0.25) is 4.90 Å². The Kier molecular flexibility index (Phi) is 5.00. The van der Waals surface area contributed by atoms with Crippen molar-refractivity contribution in [2.75, 3.05) is 26.2 Å². The van der Waals surface area contributed by atoms with Crippen LogP contribution >= 0.6 is 0 Å². The van der Waals surface area contributed by atoms with Crippen molar-refractivity contribution in [3.63, 3.8) is 0 Å². The molecule has 0 bridgehead atoms. The van der Waals surface area contributed by atoms with Crippen molar-refractivity contribution < 1.29 is 4.74 Å². The van der Waals surface area contributed by atoms with Crippen molar-refractivity contribution >= 4 is 0 Å². The number of hydrogen-bond donors (Lipinski definition) is 0. The molecule has 1 rings (SSSR count). The number of hydrogen-bond acceptors (Lipinski definition) is 2. The third kappa shape index (κ3) is 4.64. The summed E-state index contributed by atoms with van der Waals surface area (Å²) in [5.41, 5.74) is 0. The topological polar surface area (TPSA) is 12.5 Å². The minimum Gasteiger partial charge on any atom is -0.377 e. The van der Waals surface area contributed by atoms with Crippen LogP contribution in [0.15, 0.2) is 0 Å². The smallest absolute Gasteiger partial charge is 0.0674 e. The number of rotatable bonds is 1. The second-order valence-electron chi connectivity index (χ2n) is 4.25. The van der Waals surface area contributed by atoms with Gasteiger partial charge in [-0.2, -0.15) is 0 Å². The maximum Gasteiger partial charge on any atom is 0.0674 e. The van der Waals surface area contributed by atoms with Gasteiger partial charge in [0.05, 0.1) is 12.6 Å². The lowest BCUT2D eigenvalue weighted by atomic mass is 10.2. The number of nitrogens with zero attached hydrogens (tertiary/aromatic N) is 1. The minimum absolute atomic E-state index is 0.360. The Morgan fingerprint density at radius 1 is 1.50 bits per heavy atom. The van der Waals surface area contributed by atoms with E-state index in [1.54, 1.807) is 0 Å². The molecular formula is C12H21NO. The summed E-state index contributed by atoms with van der Waals surface area (Å²) < 4.78 is 5.57. The first kappa shape index (κ1) is 11.6. The standard InChI is InChI=1S/C12H21NO/c1-11(2)6-4-7-13-8-5-9-14-12(3)10-13/h11-12H,5,7-10H2,1-3H3. The molecule has 0 aromatic rings. The van der Waals surface area contributed by atoms with Crippen LogP contribution in [0.2, 0.25) is 0 Å². The zero-order valence-corrected chi connectivity index (χ0v) is 9.55. The van der Waals surface area contributed by atoms with E-state index >= 15 is 0 Å². The molecule has 14 heavy (non-hydrogen) atoms. The van der Waals surface area contributed by atoms with E-state index in [1.165, 1.54) is 0 Å². The van der Waals surface area contributed by atoms with Crippen molar-refractivity contribution in [1.82, 2.24) is 4.90 Å². The van der Waals surface area contributed by atoms with E-state index < -0.39 is 0 Å². The molecule has 1 aliphatic rings. The van der Waals surface area contributed by atoms with Crippen LogP contribution in [0.1, 0.15) is 27.2 Å². The van der Waals surface area contributed by atoms with Crippen LogP contribution in [0.3, 0.4) is 0 Å². The highest BCUT2D eigenvalue weighted by molar-refractivity contribution is 5.03. The van der Waals surface area contributed by atoms with Crippen molar-refractivity contribution in [2.45, 2.75) is 33.3 Å². The molecule has 80 valence electrons. The Morgan fingerprint density at radius 2 is 2.29 bits per heavy atom. The van der Waals surface area contributed by atoms with Crippen LogP contribution in [-0.4, -0.2) is 37.2 Å². The molecule has 1 unspecified atom stereocenters. The predicted octanol–water partition coefficient (Wildman–Crippen LogP) is 1.76. The van der Waals surface area contributed by atoms with Crippen molar-refractivity contribution in [3.05, 3.63) is 0 Å². The summed E-state index contributed by atoms with van der Waals surface area (Å²) in [5.74, 6) is 6.90. The highest BCUT2D eigenvalue weighted by Crippen LogP contribution is 2.04. The van der Waals surface area contributed by atoms with Crippen molar-refractivity contribution in [1.29, 1.82) is 0 Å². The molecule has 1 aliphatic heterocycles. The summed E-state index contributed by atoms with van der Waals surface area (Å²) in [5, 5.41) is 0. The quantitative estimate of drug-likeness (QED) is 0.591. The average Bonchev–Trinajstić information content (AvgIpc) is 2.29. The lowest BCUT2D eigenvalue weighted by Gasteiger charge is -2.18. The summed E-state index contributed by atoms with van der Waals surface area (Å²) in [6.07, 6.45) is 1.49. The minimum atomic E-state index is 0.360. The molecule has 0 aromatic heterocycles. The lowest BCUT2D eigenvalue weighted by Crippen LogP contribution is -2.30. The molecule has 0 amide bonds. The van der Waals surface area contributed by atoms with E-state index in [1.807, 2.05) is 0 Å². The van der Waals surface area contributed by atoms with Gasteiger partial charge in [0.25, 0.3) is 0 Å². The van der Waals surface area contributed by atoms with E-state index in [0.29, 0.717) is 12.0 Å². The van der Waals surface area contributed by atoms with Crippen LogP contribution in [0.25, 0.3) is 0 Å². The highest BCUT2D eigenvalue weighted by Gasteiger charge is 2.13. The maximum absolute atomic E-state index is 5.57. The second kappa shape index (κ2) is 6.06. The molecule has 0 aromatic carbocycles. The van der Waals surface area contributed by atoms with E-state index in [9.17, 15) is 0 Å². The molecule has 2 heteroatoms. The van der Waals surface area contributed by atoms with Crippen LogP contribution < -0.4 is 0 Å². The third-order valence-corrected chi connectivity index (χ3v) is 2.23. The fourth-order valence-electron chi connectivity index (χ4n) is 1.59. The summed E-state index contributed by atoms with van der Waals surface area (Å²) in [6.45, 7) is 10.3. The Morgan fingerprint density at radius 3 is 3.00 bits per heavy atom. The summed E-state index contributed by atoms with van der Waals surface area (Å²) in [7, 11) is 0. The maximum atomic E-state index is 5.57. The zero-order valence-electron chi connectivity index (χ0n) is 9.55. The molecule has 2 nitrogen and oxygen atoms in total. The molecule has 0 saturated carbocycles. The van der Waals surface area contributed by atoms with Gasteiger partial charge in [0.1, 0.15) is 0 Å². The van der Waals surface area contributed by atoms with E-state index in [4.69, 9.17) is 4.74 Å². The van der Waals surface area contributed by atoms with Crippen LogP contribution in [0, 0.1) is 17.8 Å². The summed E-state index contributed by atoms with van der Waals surface area (Å²) in [4.78, 5) is 2.38. The average molecular weight is 195 g/mol. The third-order valence-electron chi connectivity index (χ3n) is 2.23. The Hall–Kier alpha value is -0.520. The molecule has 1 fully saturated rings. The molecule has 0 aliphatic carbocycles. The molecule has 0 N–H and O–H groups in total. The second-order valence-corrected chi connectivity index (χ2v) is 4.25. The van der Waals surface area contributed by atoms with Gasteiger partial charge < -0.3 is 4.74 Å². The van der Waals surface area contributed by atoms with E-state index in [2.05, 4.69) is 37.5 Å². The molecule has 0 spiro atoms. The Bertz CT molecular complexity index is 214. The lowest BCUT2D eigenvalue weighted by molar-refractivity contribution is 0.0695. The largest absolute Gasteiger partial charge is 0.377 e. The van der Waals surface area contributed by atoms with Gasteiger partial charge in [0.15, 0.2) is 0 Å². The van der Waals surface area contributed by atoms with E-state index in [-0.39, 0.29) is 0 Å². The fourth-order valence-corrected chi connectivity index (χ4v) is 1.59. The van der Waals surface area contributed by atoms with Crippen molar-refractivity contribution in [3.8, 4) is 11.8 Å². The molecule has 1 heterocycles. The normalized spacial score (nSPS) is 24.1. The van der Waals surface area contributed by atoms with Gasteiger partial charge in [-0.1, -0.05) is 25.7 Å². The van der Waals surface area contributed by atoms with Crippen LogP contribution in [0.4, 0.5) is 0 Å². The van der Waals surface area contributed by atoms with Gasteiger partial charge in [-0.15, -0.1) is 0 Å². The first-order chi connectivity index (χ1) is 6.68. The van der Waals surface area contributed by atoms with Gasteiger partial charge in [0.2, 0.25) is 0 Å². The molecule has 1 atom stereocenters. The zero-order chi connectivity index (χ0) is 10.4. The fraction of sp³-hybridized carbons (Fsp3) is 0.833. The highest BCUT2D eigenvalue weighted by atomic mass is 16.5. The van der Waals surface area contributed by atoms with Gasteiger partial charge in [-0.25, -0.2) is 0 Å². The van der Waals surface area contributed by atoms with Gasteiger partial charge >= 0.3 is 0 Å². The van der Waals surface area contributed by atoms with Crippen molar-refractivity contribution in [2.24, 2.45) is 5.92 Å². The SMILES string of the molecule is CC(C)C#CCN1CCCOC(C)C1. The summed E-state index contributed by atoms with van der Waals surface area (Å²) in [6, 6.07) is 0.